The Balaban J connectivity index is 1.58. The van der Waals surface area contributed by atoms with Crippen molar-refractivity contribution in [1.29, 1.82) is 0 Å². The summed E-state index contributed by atoms with van der Waals surface area (Å²) < 4.78 is 38.1. The van der Waals surface area contributed by atoms with Crippen molar-refractivity contribution >= 4 is 23.4 Å². The number of nitrogens with zero attached hydrogens (tertiary/aromatic N) is 2. The lowest BCUT2D eigenvalue weighted by molar-refractivity contribution is -0.137. The van der Waals surface area contributed by atoms with Gasteiger partial charge in [0.1, 0.15) is 0 Å². The average molecular weight is 392 g/mol. The highest BCUT2D eigenvalue weighted by Crippen LogP contribution is 2.30. The zero-order chi connectivity index (χ0) is 19.4. The van der Waals surface area contributed by atoms with E-state index in [0.717, 1.165) is 35.0 Å². The van der Waals surface area contributed by atoms with Crippen molar-refractivity contribution in [1.82, 2.24) is 15.2 Å². The van der Waals surface area contributed by atoms with E-state index >= 15 is 0 Å². The van der Waals surface area contributed by atoms with E-state index in [4.69, 9.17) is 0 Å². The summed E-state index contributed by atoms with van der Waals surface area (Å²) in [7, 11) is 0. The van der Waals surface area contributed by atoms with Crippen LogP contribution in [0.5, 0.6) is 0 Å². The highest BCUT2D eigenvalue weighted by Gasteiger charge is 2.30. The summed E-state index contributed by atoms with van der Waals surface area (Å²) in [6.07, 6.45) is -4.46. The maximum Gasteiger partial charge on any atom is 0.416 e. The first-order chi connectivity index (χ1) is 12.8. The molecule has 0 radical (unpaired) electrons. The maximum absolute atomic E-state index is 12.7. The van der Waals surface area contributed by atoms with Gasteiger partial charge in [0, 0.05) is 11.3 Å². The molecule has 2 N–H and O–H groups in total. The summed E-state index contributed by atoms with van der Waals surface area (Å²) in [6, 6.07) is 12.2. The van der Waals surface area contributed by atoms with E-state index in [1.807, 2.05) is 31.2 Å². The van der Waals surface area contributed by atoms with Crippen molar-refractivity contribution in [2.45, 2.75) is 18.3 Å². The van der Waals surface area contributed by atoms with E-state index < -0.39 is 17.6 Å². The number of hydrogen-bond acceptors (Lipinski definition) is 4. The van der Waals surface area contributed by atoms with Crippen LogP contribution in [0.25, 0.3) is 11.4 Å². The van der Waals surface area contributed by atoms with Gasteiger partial charge in [0.05, 0.1) is 11.3 Å². The molecule has 0 aliphatic rings. The first-order valence-corrected chi connectivity index (χ1v) is 8.89. The molecular formula is C18H15F3N4OS. The van der Waals surface area contributed by atoms with Gasteiger partial charge < -0.3 is 5.32 Å². The number of hydrogen-bond donors (Lipinski definition) is 2. The van der Waals surface area contributed by atoms with E-state index in [0.29, 0.717) is 11.0 Å². The van der Waals surface area contributed by atoms with Gasteiger partial charge in [-0.25, -0.2) is 4.98 Å². The number of thioether (sulfide) groups is 1. The molecule has 0 saturated carbocycles. The van der Waals surface area contributed by atoms with Crippen LogP contribution in [0.3, 0.4) is 0 Å². The molecule has 0 fully saturated rings. The number of carbonyl (C=O) groups is 1. The zero-order valence-corrected chi connectivity index (χ0v) is 15.0. The summed E-state index contributed by atoms with van der Waals surface area (Å²) in [4.78, 5) is 16.3. The van der Waals surface area contributed by atoms with Crippen LogP contribution in [0, 0.1) is 6.92 Å². The van der Waals surface area contributed by atoms with Crippen molar-refractivity contribution in [3.8, 4) is 11.4 Å². The number of aromatic amines is 1. The van der Waals surface area contributed by atoms with Crippen LogP contribution in [0.2, 0.25) is 0 Å². The molecule has 2 aromatic carbocycles. The van der Waals surface area contributed by atoms with Gasteiger partial charge in [0.15, 0.2) is 5.82 Å². The number of alkyl halides is 3. The summed E-state index contributed by atoms with van der Waals surface area (Å²) in [5, 5.41) is 9.66. The molecule has 140 valence electrons. The number of benzene rings is 2. The molecule has 0 bridgehead atoms. The van der Waals surface area contributed by atoms with Gasteiger partial charge in [0.2, 0.25) is 11.1 Å². The van der Waals surface area contributed by atoms with Gasteiger partial charge in [-0.15, -0.1) is 5.10 Å². The summed E-state index contributed by atoms with van der Waals surface area (Å²) in [6.45, 7) is 1.98. The molecular weight excluding hydrogens is 377 g/mol. The fourth-order valence-corrected chi connectivity index (χ4v) is 2.85. The lowest BCUT2D eigenvalue weighted by Gasteiger charge is -2.09. The molecule has 0 spiro atoms. The average Bonchev–Trinajstić information content (AvgIpc) is 3.09. The third-order valence-electron chi connectivity index (χ3n) is 3.60. The van der Waals surface area contributed by atoms with Gasteiger partial charge in [-0.1, -0.05) is 47.7 Å². The molecule has 5 nitrogen and oxygen atoms in total. The number of aromatic nitrogens is 3. The van der Waals surface area contributed by atoms with Crippen LogP contribution in [0.4, 0.5) is 18.9 Å². The molecule has 3 aromatic rings. The molecule has 1 heterocycles. The zero-order valence-electron chi connectivity index (χ0n) is 14.2. The Morgan fingerprint density at radius 3 is 2.63 bits per heavy atom. The number of amides is 1. The number of anilines is 1. The van der Waals surface area contributed by atoms with Crippen molar-refractivity contribution in [3.63, 3.8) is 0 Å². The topological polar surface area (TPSA) is 70.7 Å². The third kappa shape index (κ3) is 5.10. The van der Waals surface area contributed by atoms with Crippen LogP contribution in [0.15, 0.2) is 53.7 Å². The lowest BCUT2D eigenvalue weighted by atomic mass is 10.1. The minimum atomic E-state index is -4.46. The van der Waals surface area contributed by atoms with Crippen molar-refractivity contribution in [3.05, 3.63) is 59.7 Å². The second kappa shape index (κ2) is 7.83. The first kappa shape index (κ1) is 19.0. The fraction of sp³-hybridized carbons (Fsp3) is 0.167. The van der Waals surface area contributed by atoms with E-state index in [2.05, 4.69) is 20.5 Å². The standard InChI is InChI=1S/C18H15F3N4OS/c1-11-5-7-12(8-6-11)16-23-17(25-24-16)27-10-15(26)22-14-4-2-3-13(9-14)18(19,20)21/h2-9H,10H2,1H3,(H,22,26)(H,23,24,25). The Labute approximate surface area is 157 Å². The predicted molar refractivity (Wildman–Crippen MR) is 97.4 cm³/mol. The molecule has 9 heteroatoms. The van der Waals surface area contributed by atoms with E-state index in [1.54, 1.807) is 0 Å². The molecule has 0 saturated heterocycles. The molecule has 0 atom stereocenters. The molecule has 27 heavy (non-hydrogen) atoms. The number of carbonyl (C=O) groups excluding carboxylic acids is 1. The Morgan fingerprint density at radius 1 is 1.19 bits per heavy atom. The Hall–Kier alpha value is -2.81. The minimum absolute atomic E-state index is 0.0264. The normalized spacial score (nSPS) is 11.4. The van der Waals surface area contributed by atoms with Crippen molar-refractivity contribution < 1.29 is 18.0 Å². The highest BCUT2D eigenvalue weighted by molar-refractivity contribution is 7.99. The monoisotopic (exact) mass is 392 g/mol. The van der Waals surface area contributed by atoms with Crippen LogP contribution in [0.1, 0.15) is 11.1 Å². The number of halogens is 3. The smallest absolute Gasteiger partial charge is 0.325 e. The molecule has 0 aliphatic carbocycles. The quantitative estimate of drug-likeness (QED) is 0.626. The predicted octanol–water partition coefficient (Wildman–Crippen LogP) is 4.53. The largest absolute Gasteiger partial charge is 0.416 e. The minimum Gasteiger partial charge on any atom is -0.325 e. The van der Waals surface area contributed by atoms with Crippen molar-refractivity contribution in [2.75, 3.05) is 11.1 Å². The third-order valence-corrected chi connectivity index (χ3v) is 4.44. The van der Waals surface area contributed by atoms with E-state index in [9.17, 15) is 18.0 Å². The Morgan fingerprint density at radius 2 is 1.93 bits per heavy atom. The van der Waals surface area contributed by atoms with Crippen LogP contribution < -0.4 is 5.32 Å². The number of aryl methyl sites for hydroxylation is 1. The number of H-pyrrole nitrogens is 1. The molecule has 1 amide bonds. The summed E-state index contributed by atoms with van der Waals surface area (Å²) in [5.74, 6) is 0.110. The Kier molecular flexibility index (Phi) is 5.50. The van der Waals surface area contributed by atoms with E-state index in [-0.39, 0.29) is 11.4 Å². The summed E-state index contributed by atoms with van der Waals surface area (Å²) >= 11 is 1.09. The van der Waals surface area contributed by atoms with Gasteiger partial charge in [-0.05, 0) is 25.1 Å². The van der Waals surface area contributed by atoms with Crippen LogP contribution in [-0.2, 0) is 11.0 Å². The van der Waals surface area contributed by atoms with Gasteiger partial charge in [-0.2, -0.15) is 13.2 Å². The first-order valence-electron chi connectivity index (χ1n) is 7.90. The Bertz CT molecular complexity index is 938. The van der Waals surface area contributed by atoms with Crippen molar-refractivity contribution in [2.24, 2.45) is 0 Å². The molecule has 3 rings (SSSR count). The van der Waals surface area contributed by atoms with Gasteiger partial charge >= 0.3 is 6.18 Å². The molecule has 1 aromatic heterocycles. The second-order valence-corrected chi connectivity index (χ2v) is 6.69. The lowest BCUT2D eigenvalue weighted by Crippen LogP contribution is -2.15. The second-order valence-electron chi connectivity index (χ2n) is 5.75. The maximum atomic E-state index is 12.7. The van der Waals surface area contributed by atoms with E-state index in [1.165, 1.54) is 12.1 Å². The fourth-order valence-electron chi connectivity index (χ4n) is 2.25. The molecule has 0 aliphatic heterocycles. The highest BCUT2D eigenvalue weighted by atomic mass is 32.2. The van der Waals surface area contributed by atoms with Crippen LogP contribution >= 0.6 is 11.8 Å². The van der Waals surface area contributed by atoms with Gasteiger partial charge in [-0.3, -0.25) is 9.89 Å². The number of rotatable bonds is 5. The SMILES string of the molecule is Cc1ccc(-c2nc(SCC(=O)Nc3cccc(C(F)(F)F)c3)n[nH]2)cc1. The molecule has 0 unspecified atom stereocenters. The van der Waals surface area contributed by atoms with Crippen LogP contribution in [-0.4, -0.2) is 26.8 Å². The number of nitrogens with one attached hydrogen (secondary N) is 2. The van der Waals surface area contributed by atoms with Gasteiger partial charge in [0.25, 0.3) is 0 Å². The summed E-state index contributed by atoms with van der Waals surface area (Å²) in [5.41, 5.74) is 1.27.